The lowest BCUT2D eigenvalue weighted by Gasteiger charge is -2.13. The number of carbonyl (C=O) groups is 1. The highest BCUT2D eigenvalue weighted by molar-refractivity contribution is 8.13. The molecule has 8 heteroatoms. The molecule has 2 rings (SSSR count). The Morgan fingerprint density at radius 2 is 1.95 bits per heavy atom. The molecule has 0 radical (unpaired) electrons. The fourth-order valence-corrected chi connectivity index (χ4v) is 3.60. The number of hydrogen-bond acceptors (Lipinski definition) is 3. The van der Waals surface area contributed by atoms with Gasteiger partial charge < -0.3 is 5.32 Å². The summed E-state index contributed by atoms with van der Waals surface area (Å²) < 4.78 is 22.7. The molecule has 0 atom stereocenters. The van der Waals surface area contributed by atoms with Gasteiger partial charge in [-0.2, -0.15) is 0 Å². The minimum atomic E-state index is -4.04. The molecule has 1 saturated carbocycles. The maximum Gasteiger partial charge on any atom is 0.262 e. The van der Waals surface area contributed by atoms with Crippen molar-refractivity contribution in [2.45, 2.75) is 24.7 Å². The maximum absolute atomic E-state index is 12.1. The zero-order chi connectivity index (χ0) is 15.1. The standard InChI is InChI=1S/C12H12Cl3NO3S/c1-12(4-5-12)6-16-11(17)9-7(13)2-3-8(10(9)14)20(15,18)19/h2-3H,4-6H2,1H3,(H,16,17). The Kier molecular flexibility index (Phi) is 4.27. The van der Waals surface area contributed by atoms with Gasteiger partial charge in [0.15, 0.2) is 0 Å². The Morgan fingerprint density at radius 1 is 1.35 bits per heavy atom. The highest BCUT2D eigenvalue weighted by Gasteiger charge is 2.37. The Balaban J connectivity index is 2.32. The van der Waals surface area contributed by atoms with E-state index < -0.39 is 15.0 Å². The zero-order valence-corrected chi connectivity index (χ0v) is 13.6. The second-order valence-corrected chi connectivity index (χ2v) is 8.49. The van der Waals surface area contributed by atoms with Crippen molar-refractivity contribution in [3.8, 4) is 0 Å². The van der Waals surface area contributed by atoms with Crippen LogP contribution in [0.3, 0.4) is 0 Å². The van der Waals surface area contributed by atoms with Crippen LogP contribution in [-0.2, 0) is 9.05 Å². The molecule has 0 unspecified atom stereocenters. The fraction of sp³-hybridized carbons (Fsp3) is 0.417. The fourth-order valence-electron chi connectivity index (χ4n) is 1.70. The molecule has 1 fully saturated rings. The predicted octanol–water partition coefficient (Wildman–Crippen LogP) is 3.45. The largest absolute Gasteiger partial charge is 0.351 e. The molecule has 1 aromatic rings. The van der Waals surface area contributed by atoms with E-state index in [4.69, 9.17) is 33.9 Å². The molecule has 0 spiro atoms. The first-order chi connectivity index (χ1) is 9.14. The van der Waals surface area contributed by atoms with Crippen molar-refractivity contribution in [1.82, 2.24) is 5.32 Å². The third-order valence-electron chi connectivity index (χ3n) is 3.32. The second kappa shape index (κ2) is 5.37. The van der Waals surface area contributed by atoms with Gasteiger partial charge >= 0.3 is 0 Å². The summed E-state index contributed by atoms with van der Waals surface area (Å²) in [5.74, 6) is -0.504. The molecule has 1 aliphatic rings. The van der Waals surface area contributed by atoms with Gasteiger partial charge in [-0.3, -0.25) is 4.79 Å². The van der Waals surface area contributed by atoms with E-state index in [2.05, 4.69) is 12.2 Å². The van der Waals surface area contributed by atoms with E-state index in [0.29, 0.717) is 6.54 Å². The zero-order valence-electron chi connectivity index (χ0n) is 10.5. The number of amides is 1. The maximum atomic E-state index is 12.1. The summed E-state index contributed by atoms with van der Waals surface area (Å²) in [6.07, 6.45) is 2.09. The molecule has 0 heterocycles. The summed E-state index contributed by atoms with van der Waals surface area (Å²) in [5, 5.41) is 2.54. The molecule has 1 aliphatic carbocycles. The van der Waals surface area contributed by atoms with Crippen molar-refractivity contribution < 1.29 is 13.2 Å². The molecule has 0 aliphatic heterocycles. The molecule has 0 bridgehead atoms. The summed E-state index contributed by atoms with van der Waals surface area (Å²) >= 11 is 11.9. The van der Waals surface area contributed by atoms with Crippen LogP contribution in [0.1, 0.15) is 30.1 Å². The molecule has 0 saturated heterocycles. The minimum absolute atomic E-state index is 0.0701. The van der Waals surface area contributed by atoms with Crippen molar-refractivity contribution in [2.24, 2.45) is 5.41 Å². The van der Waals surface area contributed by atoms with E-state index >= 15 is 0 Å². The first-order valence-electron chi connectivity index (χ1n) is 5.85. The van der Waals surface area contributed by atoms with Gasteiger partial charge in [0.1, 0.15) is 4.90 Å². The van der Waals surface area contributed by atoms with E-state index in [1.54, 1.807) is 0 Å². The average molecular weight is 357 g/mol. The van der Waals surface area contributed by atoms with Gasteiger partial charge in [-0.25, -0.2) is 8.42 Å². The normalized spacial score (nSPS) is 16.8. The van der Waals surface area contributed by atoms with E-state index in [9.17, 15) is 13.2 Å². The number of carbonyl (C=O) groups excluding carboxylic acids is 1. The van der Waals surface area contributed by atoms with Gasteiger partial charge in [-0.15, -0.1) is 0 Å². The summed E-state index contributed by atoms with van der Waals surface area (Å²) in [4.78, 5) is 11.8. The van der Waals surface area contributed by atoms with Crippen LogP contribution in [0.4, 0.5) is 0 Å². The van der Waals surface area contributed by atoms with Crippen molar-refractivity contribution in [2.75, 3.05) is 6.54 Å². The lowest BCUT2D eigenvalue weighted by molar-refractivity contribution is 0.0946. The predicted molar refractivity (Wildman–Crippen MR) is 79.2 cm³/mol. The molecule has 0 aromatic heterocycles. The molecule has 4 nitrogen and oxygen atoms in total. The van der Waals surface area contributed by atoms with Gasteiger partial charge in [0.2, 0.25) is 0 Å². The van der Waals surface area contributed by atoms with Gasteiger partial charge in [-0.1, -0.05) is 30.1 Å². The van der Waals surface area contributed by atoms with Crippen LogP contribution < -0.4 is 5.32 Å². The van der Waals surface area contributed by atoms with Crippen LogP contribution in [0, 0.1) is 5.41 Å². The Hall–Kier alpha value is -0.490. The molecule has 1 N–H and O–H groups in total. The van der Waals surface area contributed by atoms with E-state index in [0.717, 1.165) is 12.8 Å². The number of nitrogens with one attached hydrogen (secondary N) is 1. The van der Waals surface area contributed by atoms with Crippen LogP contribution in [0.25, 0.3) is 0 Å². The van der Waals surface area contributed by atoms with Gasteiger partial charge in [0.05, 0.1) is 15.6 Å². The molecular formula is C12H12Cl3NO3S. The van der Waals surface area contributed by atoms with Gasteiger partial charge in [0.25, 0.3) is 15.0 Å². The Bertz CT molecular complexity index is 669. The van der Waals surface area contributed by atoms with Gasteiger partial charge in [0, 0.05) is 17.2 Å². The molecular weight excluding hydrogens is 345 g/mol. The van der Waals surface area contributed by atoms with E-state index in [1.807, 2.05) is 0 Å². The van der Waals surface area contributed by atoms with Crippen LogP contribution in [-0.4, -0.2) is 20.9 Å². The van der Waals surface area contributed by atoms with E-state index in [1.165, 1.54) is 12.1 Å². The van der Waals surface area contributed by atoms with Crippen LogP contribution in [0.15, 0.2) is 17.0 Å². The van der Waals surface area contributed by atoms with Crippen LogP contribution >= 0.6 is 33.9 Å². The summed E-state index contributed by atoms with van der Waals surface area (Å²) in [7, 11) is 1.23. The highest BCUT2D eigenvalue weighted by atomic mass is 35.7. The monoisotopic (exact) mass is 355 g/mol. The van der Waals surface area contributed by atoms with Crippen molar-refractivity contribution in [3.63, 3.8) is 0 Å². The summed E-state index contributed by atoms with van der Waals surface area (Å²) in [6.45, 7) is 2.55. The first-order valence-corrected chi connectivity index (χ1v) is 8.91. The summed E-state index contributed by atoms with van der Waals surface area (Å²) in [5.41, 5.74) is 0.0458. The van der Waals surface area contributed by atoms with Crippen molar-refractivity contribution in [1.29, 1.82) is 0 Å². The number of benzene rings is 1. The van der Waals surface area contributed by atoms with E-state index in [-0.39, 0.29) is 25.9 Å². The quantitative estimate of drug-likeness (QED) is 0.840. The van der Waals surface area contributed by atoms with Crippen molar-refractivity contribution >= 4 is 48.8 Å². The molecule has 20 heavy (non-hydrogen) atoms. The van der Waals surface area contributed by atoms with Crippen molar-refractivity contribution in [3.05, 3.63) is 27.7 Å². The smallest absolute Gasteiger partial charge is 0.262 e. The topological polar surface area (TPSA) is 63.2 Å². The average Bonchev–Trinajstić information content (AvgIpc) is 3.03. The Labute approximate surface area is 131 Å². The number of halogens is 3. The Morgan fingerprint density at radius 3 is 2.45 bits per heavy atom. The first kappa shape index (κ1) is 15.9. The third-order valence-corrected chi connectivity index (χ3v) is 5.51. The van der Waals surface area contributed by atoms with Crippen LogP contribution in [0.2, 0.25) is 10.0 Å². The van der Waals surface area contributed by atoms with Gasteiger partial charge in [-0.05, 0) is 30.4 Å². The third kappa shape index (κ3) is 3.39. The second-order valence-electron chi connectivity index (χ2n) is 5.17. The molecule has 1 aromatic carbocycles. The lowest BCUT2D eigenvalue weighted by atomic mass is 10.1. The minimum Gasteiger partial charge on any atom is -0.351 e. The van der Waals surface area contributed by atoms with Crippen LogP contribution in [0.5, 0.6) is 0 Å². The number of rotatable bonds is 4. The SMILES string of the molecule is CC1(CNC(=O)c2c(Cl)ccc(S(=O)(=O)Cl)c2Cl)CC1. The number of hydrogen-bond donors (Lipinski definition) is 1. The lowest BCUT2D eigenvalue weighted by Crippen LogP contribution is -2.29. The highest BCUT2D eigenvalue weighted by Crippen LogP contribution is 2.44. The molecule has 110 valence electrons. The summed E-state index contributed by atoms with van der Waals surface area (Å²) in [6, 6.07) is 2.46. The molecule has 1 amide bonds.